The van der Waals surface area contributed by atoms with Crippen LogP contribution in [0.5, 0.6) is 0 Å². The summed E-state index contributed by atoms with van der Waals surface area (Å²) in [5.41, 5.74) is 4.53. The van der Waals surface area contributed by atoms with E-state index in [1.165, 1.54) is 0 Å². The predicted molar refractivity (Wildman–Crippen MR) is 130 cm³/mol. The molecule has 2 amide bonds. The number of benzene rings is 2. The summed E-state index contributed by atoms with van der Waals surface area (Å²) in [6.07, 6.45) is 2.44. The van der Waals surface area contributed by atoms with Gasteiger partial charge in [0.1, 0.15) is 6.26 Å². The molecule has 4 bridgehead atoms. The van der Waals surface area contributed by atoms with E-state index in [0.717, 1.165) is 22.4 Å². The number of likely N-dealkylation sites (tertiary alicyclic amines) is 1. The molecule has 3 aromatic rings. The second kappa shape index (κ2) is 10.4. The lowest BCUT2D eigenvalue weighted by atomic mass is 10.0. The zero-order chi connectivity index (χ0) is 24.2. The minimum atomic E-state index is -0.144. The standard InChI is InChI=1S/C27H30N4O4/c1-18-29-23(17-34-18)13-31-14-24-25(15-31)35-16-19-5-2-6-20(11-19)21-7-3-8-22(12-21)27(33)28-10-4-9-26(32)30-24/h2-3,5-8,11-12,17,24-25H,4,9-10,13-16H2,1H3,(H,28,33)(H,30,32)/t24-,25-/m0/s1. The number of oxazole rings is 1. The minimum Gasteiger partial charge on any atom is -0.449 e. The van der Waals surface area contributed by atoms with Gasteiger partial charge in [-0.2, -0.15) is 0 Å². The predicted octanol–water partition coefficient (Wildman–Crippen LogP) is 3.06. The molecule has 1 aromatic heterocycles. The van der Waals surface area contributed by atoms with E-state index in [1.807, 2.05) is 43.3 Å². The quantitative estimate of drug-likeness (QED) is 0.593. The highest BCUT2D eigenvalue weighted by Crippen LogP contribution is 2.24. The van der Waals surface area contributed by atoms with Gasteiger partial charge in [0, 0.05) is 45.1 Å². The average molecular weight is 475 g/mol. The first kappa shape index (κ1) is 23.3. The topological polar surface area (TPSA) is 96.7 Å². The number of carbonyl (C=O) groups excluding carboxylic acids is 2. The van der Waals surface area contributed by atoms with E-state index < -0.39 is 0 Å². The maximum absolute atomic E-state index is 12.7. The Balaban J connectivity index is 1.36. The molecule has 0 unspecified atom stereocenters. The lowest BCUT2D eigenvalue weighted by Gasteiger charge is -2.20. The molecule has 2 atom stereocenters. The van der Waals surface area contributed by atoms with Gasteiger partial charge in [-0.15, -0.1) is 0 Å². The summed E-state index contributed by atoms with van der Waals surface area (Å²) in [7, 11) is 0. The lowest BCUT2D eigenvalue weighted by molar-refractivity contribution is -0.122. The Morgan fingerprint density at radius 3 is 2.69 bits per heavy atom. The molecular formula is C27H30N4O4. The molecule has 8 nitrogen and oxygen atoms in total. The first-order valence-corrected chi connectivity index (χ1v) is 12.1. The number of rotatable bonds is 2. The Morgan fingerprint density at radius 2 is 1.86 bits per heavy atom. The highest BCUT2D eigenvalue weighted by Gasteiger charge is 2.35. The summed E-state index contributed by atoms with van der Waals surface area (Å²) in [5.74, 6) is 0.471. The number of hydrogen-bond acceptors (Lipinski definition) is 6. The van der Waals surface area contributed by atoms with Gasteiger partial charge in [-0.25, -0.2) is 4.98 Å². The molecule has 8 heteroatoms. The van der Waals surface area contributed by atoms with Gasteiger partial charge in [0.15, 0.2) is 5.89 Å². The zero-order valence-corrected chi connectivity index (χ0v) is 19.8. The third-order valence-electron chi connectivity index (χ3n) is 6.46. The van der Waals surface area contributed by atoms with Crippen molar-refractivity contribution in [3.63, 3.8) is 0 Å². The Morgan fingerprint density at radius 1 is 1.06 bits per heavy atom. The van der Waals surface area contributed by atoms with E-state index in [1.54, 1.807) is 12.3 Å². The molecule has 2 N–H and O–H groups in total. The van der Waals surface area contributed by atoms with Crippen molar-refractivity contribution in [2.75, 3.05) is 19.6 Å². The van der Waals surface area contributed by atoms with Crippen LogP contribution in [-0.2, 0) is 22.7 Å². The van der Waals surface area contributed by atoms with Crippen molar-refractivity contribution in [1.29, 1.82) is 0 Å². The number of aryl methyl sites for hydroxylation is 1. The van der Waals surface area contributed by atoms with Gasteiger partial charge in [0.2, 0.25) is 5.91 Å². The minimum absolute atomic E-state index is 0.0368. The summed E-state index contributed by atoms with van der Waals surface area (Å²) < 4.78 is 11.7. The number of nitrogens with zero attached hydrogens (tertiary/aromatic N) is 2. The SMILES string of the molecule is Cc1nc(CN2C[C@@H]3NC(=O)CCCNC(=O)c4cccc(c4)-c4cccc(c4)CO[C@H]3C2)co1. The molecule has 0 radical (unpaired) electrons. The normalized spacial score (nSPS) is 21.6. The summed E-state index contributed by atoms with van der Waals surface area (Å²) in [6, 6.07) is 15.6. The molecule has 2 aromatic carbocycles. The maximum atomic E-state index is 12.7. The van der Waals surface area contributed by atoms with Crippen LogP contribution in [-0.4, -0.2) is 53.5 Å². The molecule has 182 valence electrons. The molecule has 1 saturated heterocycles. The molecule has 5 rings (SSSR count). The van der Waals surface area contributed by atoms with Crippen LogP contribution in [0.3, 0.4) is 0 Å². The molecule has 35 heavy (non-hydrogen) atoms. The third kappa shape index (κ3) is 5.78. The zero-order valence-electron chi connectivity index (χ0n) is 19.8. The van der Waals surface area contributed by atoms with E-state index in [9.17, 15) is 9.59 Å². The average Bonchev–Trinajstić information content (AvgIpc) is 3.45. The lowest BCUT2D eigenvalue weighted by Crippen LogP contribution is -2.44. The molecule has 0 spiro atoms. The van der Waals surface area contributed by atoms with Crippen LogP contribution in [0.2, 0.25) is 0 Å². The van der Waals surface area contributed by atoms with Crippen LogP contribution in [0.4, 0.5) is 0 Å². The van der Waals surface area contributed by atoms with E-state index in [0.29, 0.717) is 57.1 Å². The fourth-order valence-corrected chi connectivity index (χ4v) is 4.71. The smallest absolute Gasteiger partial charge is 0.251 e. The van der Waals surface area contributed by atoms with Crippen molar-refractivity contribution in [1.82, 2.24) is 20.5 Å². The van der Waals surface area contributed by atoms with Gasteiger partial charge < -0.3 is 19.8 Å². The summed E-state index contributed by atoms with van der Waals surface area (Å²) in [4.78, 5) is 31.9. The molecule has 2 aliphatic heterocycles. The molecule has 2 aliphatic rings. The van der Waals surface area contributed by atoms with E-state index in [-0.39, 0.29) is 24.0 Å². The second-order valence-electron chi connectivity index (χ2n) is 9.22. The van der Waals surface area contributed by atoms with Gasteiger partial charge in [-0.05, 0) is 41.3 Å². The molecule has 1 fully saturated rings. The number of amides is 2. The number of ether oxygens (including phenoxy) is 1. The van der Waals surface area contributed by atoms with Gasteiger partial charge in [0.25, 0.3) is 5.91 Å². The van der Waals surface area contributed by atoms with Crippen LogP contribution in [0, 0.1) is 6.92 Å². The Labute approximate surface area is 204 Å². The van der Waals surface area contributed by atoms with Crippen molar-refractivity contribution in [3.8, 4) is 11.1 Å². The molecular weight excluding hydrogens is 444 g/mol. The van der Waals surface area contributed by atoms with Gasteiger partial charge in [0.05, 0.1) is 24.4 Å². The fourth-order valence-electron chi connectivity index (χ4n) is 4.71. The fraction of sp³-hybridized carbons (Fsp3) is 0.370. The van der Waals surface area contributed by atoms with Crippen LogP contribution in [0.15, 0.2) is 59.2 Å². The van der Waals surface area contributed by atoms with Gasteiger partial charge in [-0.3, -0.25) is 14.5 Å². The summed E-state index contributed by atoms with van der Waals surface area (Å²) in [6.45, 7) is 4.70. The maximum Gasteiger partial charge on any atom is 0.251 e. The second-order valence-corrected chi connectivity index (χ2v) is 9.22. The summed E-state index contributed by atoms with van der Waals surface area (Å²) in [5, 5.41) is 6.08. The Bertz CT molecular complexity index is 1210. The van der Waals surface area contributed by atoms with Gasteiger partial charge in [-0.1, -0.05) is 30.3 Å². The summed E-state index contributed by atoms with van der Waals surface area (Å²) >= 11 is 0. The Hall–Kier alpha value is -3.49. The number of fused-ring (bicyclic) bond motifs is 6. The van der Waals surface area contributed by atoms with Crippen LogP contribution >= 0.6 is 0 Å². The first-order chi connectivity index (χ1) is 17.0. The largest absolute Gasteiger partial charge is 0.449 e. The Kier molecular flexibility index (Phi) is 6.92. The monoisotopic (exact) mass is 474 g/mol. The van der Waals surface area contributed by atoms with E-state index in [4.69, 9.17) is 9.15 Å². The van der Waals surface area contributed by atoms with Crippen molar-refractivity contribution in [2.45, 2.75) is 45.1 Å². The number of hydrogen-bond donors (Lipinski definition) is 2. The van der Waals surface area contributed by atoms with E-state index >= 15 is 0 Å². The number of carbonyl (C=O) groups is 2. The number of nitrogens with one attached hydrogen (secondary N) is 2. The van der Waals surface area contributed by atoms with Gasteiger partial charge >= 0.3 is 0 Å². The molecule has 0 saturated carbocycles. The van der Waals surface area contributed by atoms with Crippen molar-refractivity contribution < 1.29 is 18.7 Å². The number of aromatic nitrogens is 1. The molecule has 3 heterocycles. The first-order valence-electron chi connectivity index (χ1n) is 12.1. The highest BCUT2D eigenvalue weighted by atomic mass is 16.5. The van der Waals surface area contributed by atoms with Crippen LogP contribution < -0.4 is 10.6 Å². The third-order valence-corrected chi connectivity index (χ3v) is 6.46. The highest BCUT2D eigenvalue weighted by molar-refractivity contribution is 5.95. The van der Waals surface area contributed by atoms with Crippen LogP contribution in [0.25, 0.3) is 11.1 Å². The van der Waals surface area contributed by atoms with Crippen molar-refractivity contribution >= 4 is 11.8 Å². The van der Waals surface area contributed by atoms with Crippen molar-refractivity contribution in [3.05, 3.63) is 77.5 Å². The van der Waals surface area contributed by atoms with E-state index in [2.05, 4.69) is 26.6 Å². The molecule has 0 aliphatic carbocycles. The van der Waals surface area contributed by atoms with Crippen LogP contribution in [0.1, 0.15) is 40.3 Å². The van der Waals surface area contributed by atoms with Crippen molar-refractivity contribution in [2.24, 2.45) is 0 Å².